The molecule has 0 bridgehead atoms. The Morgan fingerprint density at radius 1 is 1.22 bits per heavy atom. The normalized spacial score (nSPS) is 10.9. The number of benzene rings is 1. The van der Waals surface area contributed by atoms with Gasteiger partial charge in [-0.1, -0.05) is 0 Å². The van der Waals surface area contributed by atoms with Crippen LogP contribution in [0.3, 0.4) is 0 Å². The van der Waals surface area contributed by atoms with Gasteiger partial charge in [-0.15, -0.1) is 5.11 Å². The molecule has 0 unspecified atom stereocenters. The molecule has 0 atom stereocenters. The van der Waals surface area contributed by atoms with Gasteiger partial charge in [0.1, 0.15) is 11.6 Å². The van der Waals surface area contributed by atoms with Crippen molar-refractivity contribution in [3.63, 3.8) is 0 Å². The van der Waals surface area contributed by atoms with Gasteiger partial charge in [0.2, 0.25) is 0 Å². The van der Waals surface area contributed by atoms with Crippen molar-refractivity contribution >= 4 is 23.0 Å². The molecule has 0 aliphatic carbocycles. The van der Waals surface area contributed by atoms with Crippen LogP contribution in [0.5, 0.6) is 5.75 Å². The maximum atomic E-state index is 5.60. The van der Waals surface area contributed by atoms with Gasteiger partial charge in [-0.05, 0) is 31.2 Å². The van der Waals surface area contributed by atoms with Crippen molar-refractivity contribution < 1.29 is 4.74 Å². The third-order valence-corrected chi connectivity index (χ3v) is 2.21. The lowest BCUT2D eigenvalue weighted by Gasteiger charge is -2.01. The molecule has 7 nitrogen and oxygen atoms in total. The van der Waals surface area contributed by atoms with E-state index in [9.17, 15) is 0 Å². The molecule has 1 aromatic carbocycles. The maximum absolute atomic E-state index is 5.60. The van der Waals surface area contributed by atoms with Gasteiger partial charge in [0.05, 0.1) is 12.3 Å². The van der Waals surface area contributed by atoms with Crippen LogP contribution in [0.25, 0.3) is 0 Å². The van der Waals surface area contributed by atoms with E-state index >= 15 is 0 Å². The predicted molar refractivity (Wildman–Crippen MR) is 69.2 cm³/mol. The molecular weight excluding hydrogens is 232 g/mol. The molecule has 0 saturated carbocycles. The number of rotatable bonds is 4. The van der Waals surface area contributed by atoms with E-state index in [-0.39, 0.29) is 5.82 Å². The Bertz CT molecular complexity index is 526. The zero-order valence-corrected chi connectivity index (χ0v) is 9.92. The van der Waals surface area contributed by atoms with E-state index in [1.165, 1.54) is 0 Å². The number of nitrogens with zero attached hydrogens (tertiary/aromatic N) is 3. The van der Waals surface area contributed by atoms with E-state index < -0.39 is 0 Å². The highest BCUT2D eigenvalue weighted by Crippen LogP contribution is 2.28. The van der Waals surface area contributed by atoms with Gasteiger partial charge >= 0.3 is 0 Å². The van der Waals surface area contributed by atoms with Gasteiger partial charge in [0, 0.05) is 0 Å². The second-order valence-electron chi connectivity index (χ2n) is 3.50. The van der Waals surface area contributed by atoms with Gasteiger partial charge in [-0.25, -0.2) is 0 Å². The van der Waals surface area contributed by atoms with Gasteiger partial charge < -0.3 is 16.2 Å². The number of hydrogen-bond acceptors (Lipinski definition) is 6. The number of H-pyrrole nitrogens is 1. The van der Waals surface area contributed by atoms with E-state index in [2.05, 4.69) is 20.4 Å². The van der Waals surface area contributed by atoms with Crippen LogP contribution < -0.4 is 16.2 Å². The first-order valence-electron chi connectivity index (χ1n) is 5.44. The Hall–Kier alpha value is -2.57. The molecular formula is C11H14N6O. The van der Waals surface area contributed by atoms with Gasteiger partial charge in [0.25, 0.3) is 0 Å². The van der Waals surface area contributed by atoms with E-state index in [1.807, 2.05) is 19.1 Å². The van der Waals surface area contributed by atoms with Crippen LogP contribution in [0.2, 0.25) is 0 Å². The summed E-state index contributed by atoms with van der Waals surface area (Å²) in [6.07, 6.45) is 0. The monoisotopic (exact) mass is 246 g/mol. The molecule has 0 aliphatic rings. The van der Waals surface area contributed by atoms with Crippen molar-refractivity contribution in [3.05, 3.63) is 24.3 Å². The third-order valence-electron chi connectivity index (χ3n) is 2.21. The first-order chi connectivity index (χ1) is 8.70. The van der Waals surface area contributed by atoms with Crippen molar-refractivity contribution in [2.75, 3.05) is 18.1 Å². The molecule has 0 spiro atoms. The minimum Gasteiger partial charge on any atom is -0.494 e. The minimum absolute atomic E-state index is 0.224. The molecule has 5 N–H and O–H groups in total. The lowest BCUT2D eigenvalue weighted by Crippen LogP contribution is -1.89. The number of azo groups is 1. The van der Waals surface area contributed by atoms with Gasteiger partial charge in [0.15, 0.2) is 11.5 Å². The van der Waals surface area contributed by atoms with Gasteiger partial charge in [-0.3, -0.25) is 5.10 Å². The molecule has 7 heteroatoms. The molecule has 1 heterocycles. The average molecular weight is 246 g/mol. The van der Waals surface area contributed by atoms with Crippen molar-refractivity contribution in [3.8, 4) is 5.75 Å². The standard InChI is InChI=1S/C11H14N6O/c1-2-18-8-5-3-7(4-6-8)14-15-9-10(12)16-17-11(9)13/h3-6H,2H2,1H3,(H5,12,13,16,17). The van der Waals surface area contributed by atoms with Crippen molar-refractivity contribution in [1.29, 1.82) is 0 Å². The van der Waals surface area contributed by atoms with Crippen LogP contribution in [0, 0.1) is 0 Å². The van der Waals surface area contributed by atoms with E-state index in [1.54, 1.807) is 12.1 Å². The lowest BCUT2D eigenvalue weighted by molar-refractivity contribution is 0.340. The molecule has 0 aliphatic heterocycles. The van der Waals surface area contributed by atoms with Crippen LogP contribution in [0.1, 0.15) is 6.92 Å². The molecule has 18 heavy (non-hydrogen) atoms. The summed E-state index contributed by atoms with van der Waals surface area (Å²) in [6.45, 7) is 2.56. The molecule has 0 fully saturated rings. The summed E-state index contributed by atoms with van der Waals surface area (Å²) < 4.78 is 5.32. The lowest BCUT2D eigenvalue weighted by atomic mass is 10.3. The van der Waals surface area contributed by atoms with Crippen LogP contribution >= 0.6 is 0 Å². The minimum atomic E-state index is 0.224. The van der Waals surface area contributed by atoms with Crippen molar-refractivity contribution in [2.45, 2.75) is 6.92 Å². The Morgan fingerprint density at radius 2 is 1.94 bits per heavy atom. The number of hydrogen-bond donors (Lipinski definition) is 3. The number of anilines is 2. The number of nitrogen functional groups attached to an aromatic ring is 2. The summed E-state index contributed by atoms with van der Waals surface area (Å²) in [5, 5.41) is 14.2. The van der Waals surface area contributed by atoms with Crippen LogP contribution in [0.4, 0.5) is 23.0 Å². The molecule has 2 rings (SSSR count). The highest BCUT2D eigenvalue weighted by Gasteiger charge is 2.06. The van der Waals surface area contributed by atoms with Crippen molar-refractivity contribution in [2.24, 2.45) is 10.2 Å². The molecule has 94 valence electrons. The second-order valence-corrected chi connectivity index (χ2v) is 3.50. The summed E-state index contributed by atoms with van der Waals surface area (Å²) in [5.74, 6) is 1.31. The summed E-state index contributed by atoms with van der Waals surface area (Å²) in [4.78, 5) is 0. The zero-order valence-electron chi connectivity index (χ0n) is 9.92. The highest BCUT2D eigenvalue weighted by atomic mass is 16.5. The second kappa shape index (κ2) is 5.17. The Balaban J connectivity index is 2.14. The zero-order chi connectivity index (χ0) is 13.0. The fourth-order valence-corrected chi connectivity index (χ4v) is 1.35. The number of aromatic amines is 1. The van der Waals surface area contributed by atoms with Crippen LogP contribution in [-0.2, 0) is 0 Å². The Kier molecular flexibility index (Phi) is 3.42. The summed E-state index contributed by atoms with van der Waals surface area (Å²) in [5.41, 5.74) is 12.2. The number of ether oxygens (including phenoxy) is 1. The first kappa shape index (κ1) is 11.9. The summed E-state index contributed by atoms with van der Waals surface area (Å²) in [6, 6.07) is 7.22. The number of nitrogens with one attached hydrogen (secondary N) is 1. The Labute approximate surface area is 104 Å². The number of nitrogens with two attached hydrogens (primary N) is 2. The van der Waals surface area contributed by atoms with E-state index in [0.717, 1.165) is 5.75 Å². The van der Waals surface area contributed by atoms with Gasteiger partial charge in [-0.2, -0.15) is 10.2 Å². The van der Waals surface area contributed by atoms with Crippen molar-refractivity contribution in [1.82, 2.24) is 10.2 Å². The quantitative estimate of drug-likeness (QED) is 0.718. The van der Waals surface area contributed by atoms with E-state index in [0.29, 0.717) is 23.8 Å². The Morgan fingerprint density at radius 3 is 2.50 bits per heavy atom. The smallest absolute Gasteiger partial charge is 0.175 e. The SMILES string of the molecule is CCOc1ccc(N=Nc2c(N)n[nH]c2N)cc1. The fourth-order valence-electron chi connectivity index (χ4n) is 1.35. The maximum Gasteiger partial charge on any atom is 0.175 e. The summed E-state index contributed by atoms with van der Waals surface area (Å²) >= 11 is 0. The number of aromatic nitrogens is 2. The third kappa shape index (κ3) is 2.57. The largest absolute Gasteiger partial charge is 0.494 e. The van der Waals surface area contributed by atoms with Crippen LogP contribution in [0.15, 0.2) is 34.5 Å². The van der Waals surface area contributed by atoms with E-state index in [4.69, 9.17) is 16.2 Å². The highest BCUT2D eigenvalue weighted by molar-refractivity contribution is 5.70. The molecule has 1 aromatic heterocycles. The fraction of sp³-hybridized carbons (Fsp3) is 0.182. The molecule has 0 radical (unpaired) electrons. The topological polar surface area (TPSA) is 115 Å². The first-order valence-corrected chi connectivity index (χ1v) is 5.44. The molecule has 0 saturated heterocycles. The predicted octanol–water partition coefficient (Wildman–Crippen LogP) is 2.39. The summed E-state index contributed by atoms with van der Waals surface area (Å²) in [7, 11) is 0. The molecule has 2 aromatic rings. The average Bonchev–Trinajstić information content (AvgIpc) is 2.69. The van der Waals surface area contributed by atoms with Crippen LogP contribution in [-0.4, -0.2) is 16.8 Å². The molecule has 0 amide bonds.